The molecule has 3 rings (SSSR count). The van der Waals surface area contributed by atoms with Gasteiger partial charge < -0.3 is 9.15 Å². The van der Waals surface area contributed by atoms with Crippen molar-refractivity contribution in [3.8, 4) is 5.75 Å². The number of hydrogen-bond donors (Lipinski definition) is 1. The van der Waals surface area contributed by atoms with E-state index in [1.165, 1.54) is 13.0 Å². The molecule has 0 fully saturated rings. The summed E-state index contributed by atoms with van der Waals surface area (Å²) in [5, 5.41) is 0.697. The SMILES string of the molecule is CCOc1cccc2cc(C(C)NS(=O)(=O)c3ccccc3C(F)(F)F)oc12. The van der Waals surface area contributed by atoms with Crippen molar-refractivity contribution in [1.82, 2.24) is 4.72 Å². The Hall–Kier alpha value is -2.52. The van der Waals surface area contributed by atoms with Crippen LogP contribution in [0.5, 0.6) is 5.75 Å². The Bertz CT molecular complexity index is 1090. The topological polar surface area (TPSA) is 68.5 Å². The van der Waals surface area contributed by atoms with Gasteiger partial charge in [-0.05, 0) is 38.1 Å². The minimum atomic E-state index is -4.79. The molecule has 0 saturated carbocycles. The van der Waals surface area contributed by atoms with Crippen LogP contribution >= 0.6 is 0 Å². The smallest absolute Gasteiger partial charge is 0.417 e. The van der Waals surface area contributed by atoms with Crippen LogP contribution in [0.15, 0.2) is 57.8 Å². The van der Waals surface area contributed by atoms with Gasteiger partial charge in [-0.2, -0.15) is 13.2 Å². The van der Waals surface area contributed by atoms with Crippen LogP contribution in [-0.2, 0) is 16.2 Å². The maximum atomic E-state index is 13.2. The van der Waals surface area contributed by atoms with E-state index >= 15 is 0 Å². The lowest BCUT2D eigenvalue weighted by atomic mass is 10.2. The van der Waals surface area contributed by atoms with Crippen LogP contribution < -0.4 is 9.46 Å². The molecule has 0 bridgehead atoms. The van der Waals surface area contributed by atoms with Crippen LogP contribution in [0.2, 0.25) is 0 Å². The third-order valence-electron chi connectivity index (χ3n) is 4.07. The molecule has 1 aromatic heterocycles. The summed E-state index contributed by atoms with van der Waals surface area (Å²) < 4.78 is 78.1. The summed E-state index contributed by atoms with van der Waals surface area (Å²) in [7, 11) is -4.44. The predicted octanol–water partition coefficient (Wildman–Crippen LogP) is 4.89. The Labute approximate surface area is 160 Å². The van der Waals surface area contributed by atoms with E-state index < -0.39 is 32.7 Å². The number of nitrogens with one attached hydrogen (secondary N) is 1. The summed E-state index contributed by atoms with van der Waals surface area (Å²) in [6.07, 6.45) is -4.79. The number of para-hydroxylation sites is 1. The molecule has 0 radical (unpaired) electrons. The highest BCUT2D eigenvalue weighted by molar-refractivity contribution is 7.89. The monoisotopic (exact) mass is 413 g/mol. The van der Waals surface area contributed by atoms with Crippen molar-refractivity contribution in [2.75, 3.05) is 6.61 Å². The summed E-state index contributed by atoms with van der Waals surface area (Å²) in [5.74, 6) is 0.763. The quantitative estimate of drug-likeness (QED) is 0.625. The van der Waals surface area contributed by atoms with Gasteiger partial charge in [-0.25, -0.2) is 13.1 Å². The van der Waals surface area contributed by atoms with Crippen molar-refractivity contribution >= 4 is 21.0 Å². The highest BCUT2D eigenvalue weighted by Crippen LogP contribution is 2.35. The first-order valence-corrected chi connectivity index (χ1v) is 9.95. The predicted molar refractivity (Wildman–Crippen MR) is 97.6 cm³/mol. The summed E-state index contributed by atoms with van der Waals surface area (Å²) in [5.41, 5.74) is -0.779. The van der Waals surface area contributed by atoms with Crippen molar-refractivity contribution in [3.63, 3.8) is 0 Å². The van der Waals surface area contributed by atoms with Gasteiger partial charge in [0.2, 0.25) is 10.0 Å². The lowest BCUT2D eigenvalue weighted by Gasteiger charge is -2.16. The second-order valence-electron chi connectivity index (χ2n) is 6.09. The zero-order chi connectivity index (χ0) is 20.5. The van der Waals surface area contributed by atoms with Crippen molar-refractivity contribution in [2.45, 2.75) is 31.0 Å². The van der Waals surface area contributed by atoms with E-state index in [-0.39, 0.29) is 5.76 Å². The fraction of sp³-hybridized carbons (Fsp3) is 0.263. The minimum Gasteiger partial charge on any atom is -0.490 e. The van der Waals surface area contributed by atoms with Crippen molar-refractivity contribution in [2.24, 2.45) is 0 Å². The number of benzene rings is 2. The molecule has 1 unspecified atom stereocenters. The number of sulfonamides is 1. The molecule has 1 atom stereocenters. The number of hydrogen-bond acceptors (Lipinski definition) is 4. The van der Waals surface area contributed by atoms with E-state index in [4.69, 9.17) is 9.15 Å². The molecule has 1 heterocycles. The van der Waals surface area contributed by atoms with E-state index in [0.29, 0.717) is 23.3 Å². The third-order valence-corrected chi connectivity index (χ3v) is 5.67. The lowest BCUT2D eigenvalue weighted by molar-refractivity contribution is -0.139. The fourth-order valence-electron chi connectivity index (χ4n) is 2.83. The Morgan fingerprint density at radius 3 is 2.54 bits per heavy atom. The Morgan fingerprint density at radius 1 is 1.14 bits per heavy atom. The third kappa shape index (κ3) is 4.00. The van der Waals surface area contributed by atoms with Crippen molar-refractivity contribution in [3.05, 3.63) is 59.9 Å². The van der Waals surface area contributed by atoms with Gasteiger partial charge in [0.05, 0.1) is 23.1 Å². The maximum absolute atomic E-state index is 13.2. The average molecular weight is 413 g/mol. The lowest BCUT2D eigenvalue weighted by Crippen LogP contribution is -2.28. The Kier molecular flexibility index (Phi) is 5.40. The van der Waals surface area contributed by atoms with Gasteiger partial charge in [0.1, 0.15) is 5.76 Å². The number of rotatable bonds is 6. The molecule has 1 N–H and O–H groups in total. The van der Waals surface area contributed by atoms with Gasteiger partial charge in [-0.3, -0.25) is 0 Å². The summed E-state index contributed by atoms with van der Waals surface area (Å²) >= 11 is 0. The summed E-state index contributed by atoms with van der Waals surface area (Å²) in [4.78, 5) is -0.833. The standard InChI is InChI=1S/C19H18F3NO4S/c1-3-26-15-9-6-7-13-11-16(27-18(13)15)12(2)23-28(24,25)17-10-5-4-8-14(17)19(20,21)22/h4-12,23H,3H2,1-2H3. The normalized spacial score (nSPS) is 13.6. The number of alkyl halides is 3. The van der Waals surface area contributed by atoms with Crippen LogP contribution in [0.1, 0.15) is 31.2 Å². The van der Waals surface area contributed by atoms with Crippen molar-refractivity contribution in [1.29, 1.82) is 0 Å². The molecule has 9 heteroatoms. The van der Waals surface area contributed by atoms with Crippen LogP contribution in [0.3, 0.4) is 0 Å². The number of ether oxygens (including phenoxy) is 1. The molecule has 0 aliphatic heterocycles. The molecule has 2 aromatic carbocycles. The first-order chi connectivity index (χ1) is 13.1. The van der Waals surface area contributed by atoms with Crippen LogP contribution in [-0.4, -0.2) is 15.0 Å². The first kappa shape index (κ1) is 20.2. The van der Waals surface area contributed by atoms with E-state index in [1.807, 2.05) is 6.92 Å². The summed E-state index contributed by atoms with van der Waals surface area (Å²) in [6, 6.07) is 10.0. The Morgan fingerprint density at radius 2 is 1.86 bits per heavy atom. The zero-order valence-corrected chi connectivity index (χ0v) is 15.9. The van der Waals surface area contributed by atoms with E-state index in [0.717, 1.165) is 18.2 Å². The van der Waals surface area contributed by atoms with Gasteiger partial charge in [0.15, 0.2) is 11.3 Å². The number of fused-ring (bicyclic) bond motifs is 1. The van der Waals surface area contributed by atoms with Crippen LogP contribution in [0.25, 0.3) is 11.0 Å². The zero-order valence-electron chi connectivity index (χ0n) is 15.1. The largest absolute Gasteiger partial charge is 0.490 e. The molecule has 0 saturated heterocycles. The van der Waals surface area contributed by atoms with E-state index in [2.05, 4.69) is 4.72 Å². The van der Waals surface area contributed by atoms with Crippen LogP contribution in [0.4, 0.5) is 13.2 Å². The second-order valence-corrected chi connectivity index (χ2v) is 7.78. The number of halogens is 3. The van der Waals surface area contributed by atoms with Gasteiger partial charge in [-0.1, -0.05) is 24.3 Å². The molecule has 3 aromatic rings. The van der Waals surface area contributed by atoms with Gasteiger partial charge in [0.25, 0.3) is 0 Å². The number of furan rings is 1. The fourth-order valence-corrected chi connectivity index (χ4v) is 4.27. The molecule has 28 heavy (non-hydrogen) atoms. The summed E-state index contributed by atoms with van der Waals surface area (Å²) in [6.45, 7) is 3.73. The van der Waals surface area contributed by atoms with Gasteiger partial charge in [-0.15, -0.1) is 0 Å². The molecule has 0 amide bonds. The minimum absolute atomic E-state index is 0.259. The molecule has 0 spiro atoms. The highest BCUT2D eigenvalue weighted by atomic mass is 32.2. The Balaban J connectivity index is 1.94. The van der Waals surface area contributed by atoms with Gasteiger partial charge >= 0.3 is 6.18 Å². The van der Waals surface area contributed by atoms with Crippen molar-refractivity contribution < 1.29 is 30.7 Å². The maximum Gasteiger partial charge on any atom is 0.417 e. The van der Waals surface area contributed by atoms with E-state index in [9.17, 15) is 21.6 Å². The average Bonchev–Trinajstić information content (AvgIpc) is 3.06. The van der Waals surface area contributed by atoms with Gasteiger partial charge in [0, 0.05) is 5.39 Å². The first-order valence-electron chi connectivity index (χ1n) is 8.47. The second kappa shape index (κ2) is 7.48. The molecule has 150 valence electrons. The molecule has 5 nitrogen and oxygen atoms in total. The highest BCUT2D eigenvalue weighted by Gasteiger charge is 2.37. The van der Waals surface area contributed by atoms with Crippen LogP contribution in [0, 0.1) is 0 Å². The van der Waals surface area contributed by atoms with E-state index in [1.54, 1.807) is 24.3 Å². The molecule has 0 aliphatic carbocycles. The molecule has 0 aliphatic rings. The molecular formula is C19H18F3NO4S. The molecular weight excluding hydrogens is 395 g/mol.